The number of rotatable bonds is 4. The summed E-state index contributed by atoms with van der Waals surface area (Å²) in [6.07, 6.45) is 7.63. The smallest absolute Gasteiger partial charge is 0.227 e. The van der Waals surface area contributed by atoms with Crippen LogP contribution in [0.1, 0.15) is 37.7 Å². The lowest BCUT2D eigenvalue weighted by Crippen LogP contribution is -2.52. The van der Waals surface area contributed by atoms with E-state index in [2.05, 4.69) is 22.0 Å². The molecular formula is C22H29N3O2. The van der Waals surface area contributed by atoms with E-state index in [1.165, 1.54) is 19.3 Å². The van der Waals surface area contributed by atoms with Crippen molar-refractivity contribution in [2.45, 2.75) is 44.7 Å². The predicted molar refractivity (Wildman–Crippen MR) is 107 cm³/mol. The highest BCUT2D eigenvalue weighted by molar-refractivity contribution is 5.88. The van der Waals surface area contributed by atoms with Crippen LogP contribution in [-0.4, -0.2) is 54.0 Å². The molecule has 0 aliphatic carbocycles. The number of benzene rings is 1. The van der Waals surface area contributed by atoms with Gasteiger partial charge in [0.15, 0.2) is 0 Å². The van der Waals surface area contributed by atoms with Crippen molar-refractivity contribution >= 4 is 16.8 Å². The van der Waals surface area contributed by atoms with Gasteiger partial charge in [-0.2, -0.15) is 0 Å². The van der Waals surface area contributed by atoms with Crippen LogP contribution in [-0.2, 0) is 11.3 Å². The molecule has 5 heteroatoms. The van der Waals surface area contributed by atoms with Crippen LogP contribution >= 0.6 is 0 Å². The van der Waals surface area contributed by atoms with Crippen molar-refractivity contribution in [2.75, 3.05) is 27.2 Å². The van der Waals surface area contributed by atoms with Crippen molar-refractivity contribution in [1.82, 2.24) is 14.8 Å². The maximum atomic E-state index is 13.3. The molecule has 2 atom stereocenters. The number of amides is 1. The highest BCUT2D eigenvalue weighted by atomic mass is 16.5. The SMILES string of the molecule is COc1ccc(CN(C)C(=O)[C@@H]2CCCN3CCCC[C@H]23)c2cccnc12. The zero-order chi connectivity index (χ0) is 18.8. The van der Waals surface area contributed by atoms with Crippen LogP contribution < -0.4 is 4.74 Å². The summed E-state index contributed by atoms with van der Waals surface area (Å²) >= 11 is 0. The monoisotopic (exact) mass is 367 g/mol. The van der Waals surface area contributed by atoms with E-state index in [-0.39, 0.29) is 5.92 Å². The lowest BCUT2D eigenvalue weighted by Gasteiger charge is -2.44. The van der Waals surface area contributed by atoms with Gasteiger partial charge in [-0.15, -0.1) is 0 Å². The molecule has 0 spiro atoms. The lowest BCUT2D eigenvalue weighted by atomic mass is 9.82. The minimum Gasteiger partial charge on any atom is -0.494 e. The maximum Gasteiger partial charge on any atom is 0.227 e. The number of pyridine rings is 1. The average Bonchev–Trinajstić information content (AvgIpc) is 2.73. The Kier molecular flexibility index (Phi) is 5.30. The number of methoxy groups -OCH3 is 1. The quantitative estimate of drug-likeness (QED) is 0.830. The van der Waals surface area contributed by atoms with E-state index in [1.807, 2.05) is 24.1 Å². The van der Waals surface area contributed by atoms with E-state index in [9.17, 15) is 4.79 Å². The second-order valence-electron chi connectivity index (χ2n) is 7.87. The fraction of sp³-hybridized carbons (Fsp3) is 0.545. The Hall–Kier alpha value is -2.14. The lowest BCUT2D eigenvalue weighted by molar-refractivity contribution is -0.139. The number of nitrogens with zero attached hydrogens (tertiary/aromatic N) is 3. The molecule has 2 aliphatic rings. The van der Waals surface area contributed by atoms with Crippen molar-refractivity contribution in [2.24, 2.45) is 5.92 Å². The average molecular weight is 367 g/mol. The second-order valence-corrected chi connectivity index (χ2v) is 7.87. The molecule has 2 aromatic rings. The van der Waals surface area contributed by atoms with Gasteiger partial charge in [-0.1, -0.05) is 18.6 Å². The first-order chi connectivity index (χ1) is 13.2. The number of aromatic nitrogens is 1. The molecule has 1 aromatic heterocycles. The van der Waals surface area contributed by atoms with Crippen LogP contribution in [0.2, 0.25) is 0 Å². The number of fused-ring (bicyclic) bond motifs is 2. The largest absolute Gasteiger partial charge is 0.494 e. The standard InChI is InChI=1S/C22H29N3O2/c1-24(22(26)18-8-6-14-25-13-4-3-9-19(18)25)15-16-10-11-20(27-2)21-17(16)7-5-12-23-21/h5,7,10-12,18-19H,3-4,6,8-9,13-15H2,1-2H3/t18-,19-/m1/s1. The summed E-state index contributed by atoms with van der Waals surface area (Å²) in [6, 6.07) is 8.44. The molecule has 2 saturated heterocycles. The van der Waals surface area contributed by atoms with Gasteiger partial charge in [-0.05, 0) is 56.5 Å². The van der Waals surface area contributed by atoms with E-state index < -0.39 is 0 Å². The highest BCUT2D eigenvalue weighted by Crippen LogP contribution is 2.33. The summed E-state index contributed by atoms with van der Waals surface area (Å²) in [6.45, 7) is 2.92. The van der Waals surface area contributed by atoms with E-state index in [0.717, 1.165) is 48.1 Å². The third-order valence-corrected chi connectivity index (χ3v) is 6.23. The van der Waals surface area contributed by atoms with Crippen molar-refractivity contribution in [1.29, 1.82) is 0 Å². The van der Waals surface area contributed by atoms with Gasteiger partial charge in [0.1, 0.15) is 11.3 Å². The molecule has 0 bridgehead atoms. The molecule has 1 aromatic carbocycles. The summed E-state index contributed by atoms with van der Waals surface area (Å²) < 4.78 is 5.44. The van der Waals surface area contributed by atoms with Crippen molar-refractivity contribution in [3.05, 3.63) is 36.0 Å². The van der Waals surface area contributed by atoms with Crippen LogP contribution in [0, 0.1) is 5.92 Å². The molecule has 2 fully saturated rings. The van der Waals surface area contributed by atoms with Gasteiger partial charge in [0.25, 0.3) is 0 Å². The molecule has 0 saturated carbocycles. The maximum absolute atomic E-state index is 13.3. The molecular weight excluding hydrogens is 338 g/mol. The first-order valence-corrected chi connectivity index (χ1v) is 10.1. The number of piperidine rings is 2. The Morgan fingerprint density at radius 1 is 1.22 bits per heavy atom. The summed E-state index contributed by atoms with van der Waals surface area (Å²) in [5, 5.41) is 1.06. The molecule has 0 radical (unpaired) electrons. The Bertz CT molecular complexity index is 820. The molecule has 144 valence electrons. The minimum absolute atomic E-state index is 0.145. The van der Waals surface area contributed by atoms with Crippen LogP contribution in [0.25, 0.3) is 10.9 Å². The minimum atomic E-state index is 0.145. The summed E-state index contributed by atoms with van der Waals surface area (Å²) in [5.41, 5.74) is 1.97. The van der Waals surface area contributed by atoms with Gasteiger partial charge in [0.2, 0.25) is 5.91 Å². The van der Waals surface area contributed by atoms with Gasteiger partial charge in [0.05, 0.1) is 13.0 Å². The third kappa shape index (κ3) is 3.53. The number of hydrogen-bond donors (Lipinski definition) is 0. The number of ether oxygens (including phenoxy) is 1. The van der Waals surface area contributed by atoms with E-state index >= 15 is 0 Å². The molecule has 5 nitrogen and oxygen atoms in total. The fourth-order valence-electron chi connectivity index (χ4n) is 4.87. The fourth-order valence-corrected chi connectivity index (χ4v) is 4.87. The normalized spacial score (nSPS) is 23.0. The van der Waals surface area contributed by atoms with E-state index in [1.54, 1.807) is 13.3 Å². The Morgan fingerprint density at radius 2 is 2.07 bits per heavy atom. The topological polar surface area (TPSA) is 45.7 Å². The number of carbonyl (C=O) groups excluding carboxylic acids is 1. The van der Waals surface area contributed by atoms with Gasteiger partial charge in [-0.25, -0.2) is 0 Å². The van der Waals surface area contributed by atoms with Gasteiger partial charge in [-0.3, -0.25) is 14.7 Å². The molecule has 2 aliphatic heterocycles. The Balaban J connectivity index is 1.54. The number of hydrogen-bond acceptors (Lipinski definition) is 4. The van der Waals surface area contributed by atoms with Gasteiger partial charge < -0.3 is 9.64 Å². The molecule has 27 heavy (non-hydrogen) atoms. The zero-order valence-corrected chi connectivity index (χ0v) is 16.4. The Morgan fingerprint density at radius 3 is 2.93 bits per heavy atom. The third-order valence-electron chi connectivity index (χ3n) is 6.23. The van der Waals surface area contributed by atoms with Crippen LogP contribution in [0.5, 0.6) is 5.75 Å². The van der Waals surface area contributed by atoms with E-state index in [4.69, 9.17) is 4.74 Å². The molecule has 0 unspecified atom stereocenters. The van der Waals surface area contributed by atoms with Crippen molar-refractivity contribution in [3.63, 3.8) is 0 Å². The molecule has 3 heterocycles. The number of carbonyl (C=O) groups is 1. The molecule has 0 N–H and O–H groups in total. The summed E-state index contributed by atoms with van der Waals surface area (Å²) in [4.78, 5) is 22.2. The molecule has 4 rings (SSSR count). The second kappa shape index (κ2) is 7.85. The predicted octanol–water partition coefficient (Wildman–Crippen LogP) is 3.47. The van der Waals surface area contributed by atoms with Gasteiger partial charge in [0, 0.05) is 31.2 Å². The van der Waals surface area contributed by atoms with E-state index in [0.29, 0.717) is 18.5 Å². The Labute approximate surface area is 161 Å². The summed E-state index contributed by atoms with van der Waals surface area (Å²) in [7, 11) is 3.61. The van der Waals surface area contributed by atoms with Gasteiger partial charge >= 0.3 is 0 Å². The first-order valence-electron chi connectivity index (χ1n) is 10.1. The summed E-state index contributed by atoms with van der Waals surface area (Å²) in [5.74, 6) is 1.21. The van der Waals surface area contributed by atoms with Crippen LogP contribution in [0.15, 0.2) is 30.5 Å². The zero-order valence-electron chi connectivity index (χ0n) is 16.4. The van der Waals surface area contributed by atoms with Crippen LogP contribution in [0.3, 0.4) is 0 Å². The van der Waals surface area contributed by atoms with Crippen molar-refractivity contribution in [3.8, 4) is 5.75 Å². The van der Waals surface area contributed by atoms with Crippen LogP contribution in [0.4, 0.5) is 0 Å². The van der Waals surface area contributed by atoms with Crippen molar-refractivity contribution < 1.29 is 9.53 Å². The molecule has 1 amide bonds. The first kappa shape index (κ1) is 18.2. The highest BCUT2D eigenvalue weighted by Gasteiger charge is 2.38.